The lowest BCUT2D eigenvalue weighted by atomic mass is 9.70. The fourth-order valence-electron chi connectivity index (χ4n) is 4.08. The first-order valence-corrected chi connectivity index (χ1v) is 7.96. The zero-order chi connectivity index (χ0) is 15.2. The molecule has 0 aromatic carbocycles. The zero-order valence-corrected chi connectivity index (χ0v) is 12.5. The Bertz CT molecular complexity index is 369. The Hall–Kier alpha value is -1.14. The van der Waals surface area contributed by atoms with E-state index in [1.807, 2.05) is 0 Å². The van der Waals surface area contributed by atoms with Crippen molar-refractivity contribution in [2.24, 2.45) is 35.5 Å². The van der Waals surface area contributed by atoms with Crippen LogP contribution in [0.2, 0.25) is 0 Å². The monoisotopic (exact) mass is 298 g/mol. The third-order valence-electron chi connectivity index (χ3n) is 5.19. The molecule has 120 valence electrons. The van der Waals surface area contributed by atoms with Gasteiger partial charge in [0.2, 0.25) is 0 Å². The normalized spacial score (nSPS) is 30.7. The van der Waals surface area contributed by atoms with Crippen molar-refractivity contribution in [3.8, 4) is 0 Å². The highest BCUT2D eigenvalue weighted by atomic mass is 16.7. The number of hydrogen-bond donors (Lipinski definition) is 2. The third kappa shape index (κ3) is 4.17. The van der Waals surface area contributed by atoms with Crippen LogP contribution in [0.25, 0.3) is 0 Å². The van der Waals surface area contributed by atoms with Crippen molar-refractivity contribution in [2.45, 2.75) is 57.8 Å². The van der Waals surface area contributed by atoms with Gasteiger partial charge < -0.3 is 9.68 Å². The summed E-state index contributed by atoms with van der Waals surface area (Å²) in [5, 5.41) is 0. The second-order valence-corrected chi connectivity index (χ2v) is 6.51. The van der Waals surface area contributed by atoms with Crippen LogP contribution in [0.4, 0.5) is 0 Å². The van der Waals surface area contributed by atoms with Crippen LogP contribution >= 0.6 is 0 Å². The first-order chi connectivity index (χ1) is 10.2. The number of carbonyl (C=O) groups is 2. The lowest BCUT2D eigenvalue weighted by molar-refractivity contribution is -0.164. The molecule has 2 fully saturated rings. The molecule has 0 aliphatic heterocycles. The first-order valence-electron chi connectivity index (χ1n) is 7.96. The summed E-state index contributed by atoms with van der Waals surface area (Å²) in [5.74, 6) is 9.07. The van der Waals surface area contributed by atoms with Gasteiger partial charge in [0.15, 0.2) is 0 Å². The van der Waals surface area contributed by atoms with Gasteiger partial charge in [-0.25, -0.2) is 0 Å². The number of hydrogen-bond acceptors (Lipinski definition) is 6. The Balaban J connectivity index is 1.95. The second kappa shape index (κ2) is 7.75. The van der Waals surface area contributed by atoms with Gasteiger partial charge in [0.25, 0.3) is 0 Å². The summed E-state index contributed by atoms with van der Waals surface area (Å²) in [5.41, 5.74) is 0. The van der Waals surface area contributed by atoms with Gasteiger partial charge in [-0.05, 0) is 37.5 Å². The number of nitrogens with two attached hydrogens (primary N) is 2. The van der Waals surface area contributed by atoms with Crippen molar-refractivity contribution >= 4 is 11.9 Å². The van der Waals surface area contributed by atoms with Gasteiger partial charge >= 0.3 is 11.9 Å². The Kier molecular flexibility index (Phi) is 5.99. The van der Waals surface area contributed by atoms with Crippen LogP contribution in [-0.4, -0.2) is 11.9 Å². The van der Waals surface area contributed by atoms with E-state index in [0.717, 1.165) is 18.8 Å². The van der Waals surface area contributed by atoms with Crippen LogP contribution in [-0.2, 0) is 19.3 Å². The summed E-state index contributed by atoms with van der Waals surface area (Å²) >= 11 is 0. The molecule has 0 bridgehead atoms. The van der Waals surface area contributed by atoms with Crippen molar-refractivity contribution in [3.05, 3.63) is 0 Å². The summed E-state index contributed by atoms with van der Waals surface area (Å²) in [6, 6.07) is 0. The smallest absolute Gasteiger partial charge is 0.328 e. The van der Waals surface area contributed by atoms with Crippen molar-refractivity contribution in [2.75, 3.05) is 0 Å². The van der Waals surface area contributed by atoms with E-state index >= 15 is 0 Å². The summed E-state index contributed by atoms with van der Waals surface area (Å²) in [6.07, 6.45) is 9.88. The SMILES string of the molecule is NOC(=O)C1CCC(CC2CCCCC2)CC1C(=O)ON. The molecule has 0 spiro atoms. The molecule has 2 aliphatic carbocycles. The van der Waals surface area contributed by atoms with Crippen molar-refractivity contribution in [1.29, 1.82) is 0 Å². The summed E-state index contributed by atoms with van der Waals surface area (Å²) in [4.78, 5) is 32.2. The van der Waals surface area contributed by atoms with Crippen LogP contribution in [0.3, 0.4) is 0 Å². The molecule has 0 radical (unpaired) electrons. The van der Waals surface area contributed by atoms with Gasteiger partial charge in [-0.15, -0.1) is 0 Å². The molecule has 3 atom stereocenters. The standard InChI is InChI=1S/C15H26N2O4/c16-20-14(18)12-7-6-11(9-13(12)15(19)21-17)8-10-4-2-1-3-5-10/h10-13H,1-9,16-17H2. The van der Waals surface area contributed by atoms with Crippen molar-refractivity contribution < 1.29 is 19.3 Å². The molecule has 0 aromatic heterocycles. The van der Waals surface area contributed by atoms with Gasteiger partial charge in [0.05, 0.1) is 11.8 Å². The predicted molar refractivity (Wildman–Crippen MR) is 76.1 cm³/mol. The molecule has 6 heteroatoms. The van der Waals surface area contributed by atoms with Gasteiger partial charge in [-0.1, -0.05) is 32.1 Å². The van der Waals surface area contributed by atoms with Crippen LogP contribution in [0.1, 0.15) is 57.8 Å². The highest BCUT2D eigenvalue weighted by Crippen LogP contribution is 2.40. The van der Waals surface area contributed by atoms with E-state index in [1.165, 1.54) is 32.1 Å². The molecule has 3 unspecified atom stereocenters. The minimum absolute atomic E-state index is 0.457. The zero-order valence-electron chi connectivity index (χ0n) is 12.5. The highest BCUT2D eigenvalue weighted by Gasteiger charge is 2.41. The Morgan fingerprint density at radius 2 is 1.43 bits per heavy atom. The topological polar surface area (TPSA) is 105 Å². The van der Waals surface area contributed by atoms with E-state index in [2.05, 4.69) is 9.68 Å². The average Bonchev–Trinajstić information content (AvgIpc) is 2.54. The van der Waals surface area contributed by atoms with E-state index in [0.29, 0.717) is 18.8 Å². The molecule has 0 heterocycles. The maximum absolute atomic E-state index is 11.8. The van der Waals surface area contributed by atoms with E-state index < -0.39 is 23.8 Å². The molecule has 2 rings (SSSR count). The minimum atomic E-state index is -0.540. The number of carbonyl (C=O) groups excluding carboxylic acids is 2. The summed E-state index contributed by atoms with van der Waals surface area (Å²) in [6.45, 7) is 0. The van der Waals surface area contributed by atoms with Crippen LogP contribution in [0.15, 0.2) is 0 Å². The van der Waals surface area contributed by atoms with E-state index in [4.69, 9.17) is 11.8 Å². The Morgan fingerprint density at radius 3 is 2.05 bits per heavy atom. The van der Waals surface area contributed by atoms with Gasteiger partial charge in [0, 0.05) is 0 Å². The minimum Gasteiger partial charge on any atom is -0.373 e. The molecular weight excluding hydrogens is 272 g/mol. The lowest BCUT2D eigenvalue weighted by Crippen LogP contribution is -2.39. The molecule has 2 saturated carbocycles. The maximum atomic E-state index is 11.8. The fourth-order valence-corrected chi connectivity index (χ4v) is 4.08. The molecule has 6 nitrogen and oxygen atoms in total. The molecule has 2 aliphatic rings. The fraction of sp³-hybridized carbons (Fsp3) is 0.867. The molecule has 0 amide bonds. The number of rotatable bonds is 4. The average molecular weight is 298 g/mol. The van der Waals surface area contributed by atoms with Crippen LogP contribution < -0.4 is 11.8 Å². The summed E-state index contributed by atoms with van der Waals surface area (Å²) in [7, 11) is 0. The Morgan fingerprint density at radius 1 is 0.810 bits per heavy atom. The van der Waals surface area contributed by atoms with Crippen LogP contribution in [0.5, 0.6) is 0 Å². The predicted octanol–water partition coefficient (Wildman–Crippen LogP) is 1.82. The summed E-state index contributed by atoms with van der Waals surface area (Å²) < 4.78 is 0. The molecule has 21 heavy (non-hydrogen) atoms. The third-order valence-corrected chi connectivity index (χ3v) is 5.19. The van der Waals surface area contributed by atoms with E-state index in [-0.39, 0.29) is 0 Å². The first kappa shape index (κ1) is 16.2. The van der Waals surface area contributed by atoms with Gasteiger partial charge in [-0.3, -0.25) is 9.59 Å². The quantitative estimate of drug-likeness (QED) is 0.767. The maximum Gasteiger partial charge on any atom is 0.328 e. The molecule has 0 saturated heterocycles. The van der Waals surface area contributed by atoms with E-state index in [9.17, 15) is 9.59 Å². The highest BCUT2D eigenvalue weighted by molar-refractivity contribution is 5.82. The lowest BCUT2D eigenvalue weighted by Gasteiger charge is -2.35. The Labute approximate surface area is 125 Å². The van der Waals surface area contributed by atoms with Crippen molar-refractivity contribution in [3.63, 3.8) is 0 Å². The van der Waals surface area contributed by atoms with Crippen LogP contribution in [0, 0.1) is 23.7 Å². The second-order valence-electron chi connectivity index (χ2n) is 6.51. The van der Waals surface area contributed by atoms with E-state index in [1.54, 1.807) is 0 Å². The van der Waals surface area contributed by atoms with Gasteiger partial charge in [-0.2, -0.15) is 11.8 Å². The van der Waals surface area contributed by atoms with Gasteiger partial charge in [0.1, 0.15) is 0 Å². The molecule has 0 aromatic rings. The van der Waals surface area contributed by atoms with Crippen molar-refractivity contribution in [1.82, 2.24) is 0 Å². The molecule has 4 N–H and O–H groups in total. The molecular formula is C15H26N2O4. The largest absolute Gasteiger partial charge is 0.373 e.